The summed E-state index contributed by atoms with van der Waals surface area (Å²) in [6.45, 7) is 6.02. The lowest BCUT2D eigenvalue weighted by molar-refractivity contribution is 0.000250. The first-order valence-corrected chi connectivity index (χ1v) is 12.8. The molecular weight excluding hydrogens is 429 g/mol. The molecule has 2 aliphatic rings. The second-order valence-electron chi connectivity index (χ2n) is 9.38. The molecule has 2 fully saturated rings. The van der Waals surface area contributed by atoms with E-state index in [1.807, 2.05) is 37.3 Å². The maximum absolute atomic E-state index is 14.9. The molecule has 2 aromatic carbocycles. The molecule has 2 aromatic rings. The Morgan fingerprint density at radius 2 is 1.84 bits per heavy atom. The molecule has 2 aliphatic heterocycles. The highest BCUT2D eigenvalue weighted by Gasteiger charge is 2.40. The molecular formula is C25H32FNO4S. The fraction of sp³-hybridized carbons (Fsp3) is 0.520. The molecule has 0 spiro atoms. The largest absolute Gasteiger partial charge is 0.493 e. The molecule has 32 heavy (non-hydrogen) atoms. The highest BCUT2D eigenvalue weighted by atomic mass is 32.2. The molecule has 0 aromatic heterocycles. The van der Waals surface area contributed by atoms with Gasteiger partial charge in [0.15, 0.2) is 0 Å². The van der Waals surface area contributed by atoms with Crippen molar-refractivity contribution in [2.24, 2.45) is 5.41 Å². The Morgan fingerprint density at radius 1 is 1.12 bits per heavy atom. The monoisotopic (exact) mass is 461 g/mol. The molecule has 2 heterocycles. The van der Waals surface area contributed by atoms with E-state index in [0.717, 1.165) is 38.0 Å². The predicted octanol–water partition coefficient (Wildman–Crippen LogP) is 5.08. The molecule has 7 heteroatoms. The fourth-order valence-corrected chi connectivity index (χ4v) is 6.72. The van der Waals surface area contributed by atoms with Crippen LogP contribution >= 0.6 is 0 Å². The summed E-state index contributed by atoms with van der Waals surface area (Å²) in [5.41, 5.74) is 1.17. The van der Waals surface area contributed by atoms with Crippen LogP contribution < -0.4 is 4.74 Å². The van der Waals surface area contributed by atoms with Gasteiger partial charge in [-0.2, -0.15) is 4.31 Å². The second kappa shape index (κ2) is 9.49. The lowest BCUT2D eigenvalue weighted by Gasteiger charge is -2.37. The van der Waals surface area contributed by atoms with E-state index in [1.165, 1.54) is 10.4 Å². The van der Waals surface area contributed by atoms with E-state index in [9.17, 15) is 12.8 Å². The van der Waals surface area contributed by atoms with Gasteiger partial charge in [0, 0.05) is 42.8 Å². The normalized spacial score (nSPS) is 25.3. The summed E-state index contributed by atoms with van der Waals surface area (Å²) in [4.78, 5) is 0. The number of ether oxygens (including phenoxy) is 2. The van der Waals surface area contributed by atoms with Crippen molar-refractivity contribution in [1.82, 2.24) is 4.31 Å². The van der Waals surface area contributed by atoms with Crippen LogP contribution in [-0.4, -0.2) is 38.6 Å². The Morgan fingerprint density at radius 3 is 2.53 bits per heavy atom. The molecule has 2 unspecified atom stereocenters. The van der Waals surface area contributed by atoms with Crippen molar-refractivity contribution in [3.05, 3.63) is 65.5 Å². The van der Waals surface area contributed by atoms with Crippen LogP contribution in [-0.2, 0) is 21.3 Å². The maximum Gasteiger partial charge on any atom is 0.221 e. The summed E-state index contributed by atoms with van der Waals surface area (Å²) in [6, 6.07) is 13.9. The van der Waals surface area contributed by atoms with Gasteiger partial charge in [0.1, 0.15) is 16.8 Å². The molecule has 0 radical (unpaired) electrons. The van der Waals surface area contributed by atoms with Crippen LogP contribution in [0.4, 0.5) is 4.39 Å². The van der Waals surface area contributed by atoms with Gasteiger partial charge in [-0.25, -0.2) is 12.8 Å². The molecule has 0 saturated carbocycles. The molecule has 2 atom stereocenters. The Bertz CT molecular complexity index is 1020. The van der Waals surface area contributed by atoms with Crippen molar-refractivity contribution in [3.63, 3.8) is 0 Å². The lowest BCUT2D eigenvalue weighted by Crippen LogP contribution is -2.44. The van der Waals surface area contributed by atoms with E-state index in [0.29, 0.717) is 24.3 Å². The van der Waals surface area contributed by atoms with Crippen LogP contribution in [0.15, 0.2) is 48.5 Å². The molecule has 174 valence electrons. The number of hydrogen-bond donors (Lipinski definition) is 0. The average molecular weight is 462 g/mol. The topological polar surface area (TPSA) is 55.8 Å². The van der Waals surface area contributed by atoms with E-state index < -0.39 is 21.1 Å². The fourth-order valence-electron chi connectivity index (χ4n) is 4.53. The zero-order chi connectivity index (χ0) is 22.8. The third-order valence-corrected chi connectivity index (χ3v) is 9.20. The highest BCUT2D eigenvalue weighted by molar-refractivity contribution is 7.89. The summed E-state index contributed by atoms with van der Waals surface area (Å²) in [5, 5.41) is -0.592. The summed E-state index contributed by atoms with van der Waals surface area (Å²) < 4.78 is 54.5. The third-order valence-electron chi connectivity index (χ3n) is 6.83. The summed E-state index contributed by atoms with van der Waals surface area (Å²) in [5.74, 6) is 0.0274. The van der Waals surface area contributed by atoms with Crippen LogP contribution in [0.3, 0.4) is 0 Å². The molecule has 2 saturated heterocycles. The quantitative estimate of drug-likeness (QED) is 0.602. The molecule has 0 amide bonds. The highest BCUT2D eigenvalue weighted by Crippen LogP contribution is 2.38. The van der Waals surface area contributed by atoms with Crippen molar-refractivity contribution in [2.45, 2.75) is 57.4 Å². The Labute approximate surface area is 190 Å². The lowest BCUT2D eigenvalue weighted by atomic mass is 9.83. The number of benzene rings is 2. The molecule has 0 N–H and O–H groups in total. The van der Waals surface area contributed by atoms with Crippen molar-refractivity contribution in [1.29, 1.82) is 0 Å². The number of halogens is 1. The number of hydrogen-bond acceptors (Lipinski definition) is 4. The first kappa shape index (κ1) is 23.2. The Kier molecular flexibility index (Phi) is 6.89. The standard InChI is InChI=1S/C25H32FNO4S/c1-19-8-11-24(20-6-4-3-5-7-20)32(28,29)27(19)17-21-9-10-22(16-23(21)26)31-18-25(2)12-14-30-15-13-25/h3-7,9-10,16,19,24H,8,11-15,17-18H2,1-2H3. The smallest absolute Gasteiger partial charge is 0.221 e. The minimum atomic E-state index is -3.60. The van der Waals surface area contributed by atoms with Crippen LogP contribution in [0.5, 0.6) is 5.75 Å². The van der Waals surface area contributed by atoms with Gasteiger partial charge in [-0.1, -0.05) is 43.3 Å². The van der Waals surface area contributed by atoms with Gasteiger partial charge in [-0.3, -0.25) is 0 Å². The molecule has 5 nitrogen and oxygen atoms in total. The molecule has 4 rings (SSSR count). The molecule has 0 aliphatic carbocycles. The zero-order valence-corrected chi connectivity index (χ0v) is 19.6. The summed E-state index contributed by atoms with van der Waals surface area (Å²) >= 11 is 0. The SMILES string of the molecule is CC1CCC(c2ccccc2)S(=O)(=O)N1Cc1ccc(OCC2(C)CCOCC2)cc1F. The van der Waals surface area contributed by atoms with Gasteiger partial charge in [-0.05, 0) is 44.2 Å². The van der Waals surface area contributed by atoms with Crippen molar-refractivity contribution in [3.8, 4) is 5.75 Å². The number of rotatable bonds is 6. The van der Waals surface area contributed by atoms with Gasteiger partial charge >= 0.3 is 0 Å². The van der Waals surface area contributed by atoms with Crippen molar-refractivity contribution < 1.29 is 22.3 Å². The van der Waals surface area contributed by atoms with Gasteiger partial charge in [0.2, 0.25) is 10.0 Å². The second-order valence-corrected chi connectivity index (χ2v) is 11.4. The summed E-state index contributed by atoms with van der Waals surface area (Å²) in [6.07, 6.45) is 3.15. The van der Waals surface area contributed by atoms with Crippen LogP contribution in [0.2, 0.25) is 0 Å². The minimum absolute atomic E-state index is 0.0218. The predicted molar refractivity (Wildman–Crippen MR) is 122 cm³/mol. The van der Waals surface area contributed by atoms with Crippen molar-refractivity contribution >= 4 is 10.0 Å². The van der Waals surface area contributed by atoms with Gasteiger partial charge in [0.25, 0.3) is 0 Å². The van der Waals surface area contributed by atoms with Gasteiger partial charge in [0.05, 0.1) is 6.61 Å². The van der Waals surface area contributed by atoms with Crippen LogP contribution in [0, 0.1) is 11.2 Å². The number of sulfonamides is 1. The Balaban J connectivity index is 1.47. The van der Waals surface area contributed by atoms with Gasteiger partial charge < -0.3 is 9.47 Å². The zero-order valence-electron chi connectivity index (χ0n) is 18.8. The first-order chi connectivity index (χ1) is 15.3. The van der Waals surface area contributed by atoms with E-state index in [4.69, 9.17) is 9.47 Å². The third kappa shape index (κ3) is 5.00. The number of nitrogens with zero attached hydrogens (tertiary/aromatic N) is 1. The van der Waals surface area contributed by atoms with E-state index in [1.54, 1.807) is 12.1 Å². The van der Waals surface area contributed by atoms with E-state index in [2.05, 4.69) is 6.92 Å². The van der Waals surface area contributed by atoms with E-state index >= 15 is 0 Å². The average Bonchev–Trinajstić information content (AvgIpc) is 2.77. The Hall–Kier alpha value is -1.96. The minimum Gasteiger partial charge on any atom is -0.493 e. The first-order valence-electron chi connectivity index (χ1n) is 11.3. The molecule has 0 bridgehead atoms. The van der Waals surface area contributed by atoms with E-state index in [-0.39, 0.29) is 18.0 Å². The maximum atomic E-state index is 14.9. The van der Waals surface area contributed by atoms with Crippen LogP contribution in [0.25, 0.3) is 0 Å². The van der Waals surface area contributed by atoms with Crippen molar-refractivity contribution in [2.75, 3.05) is 19.8 Å². The van der Waals surface area contributed by atoms with Crippen LogP contribution in [0.1, 0.15) is 55.9 Å². The summed E-state index contributed by atoms with van der Waals surface area (Å²) in [7, 11) is -3.60. The van der Waals surface area contributed by atoms with Gasteiger partial charge in [-0.15, -0.1) is 0 Å².